The molecule has 3 rings (SSSR count). The van der Waals surface area contributed by atoms with E-state index in [1.807, 2.05) is 0 Å². The number of aliphatic carboxylic acids is 1. The van der Waals surface area contributed by atoms with Gasteiger partial charge in [0, 0.05) is 28.0 Å². The summed E-state index contributed by atoms with van der Waals surface area (Å²) in [4.78, 5) is 24.4. The highest BCUT2D eigenvalue weighted by atomic mass is 28.3. The molecular formula is C27H49NO18Si. The van der Waals surface area contributed by atoms with E-state index in [0.29, 0.717) is 0 Å². The monoisotopic (exact) mass is 703 g/mol. The molecule has 3 aliphatic heterocycles. The highest BCUT2D eigenvalue weighted by molar-refractivity contribution is 6.76. The number of aliphatic hydroxyl groups is 9. The molecule has 3 saturated heterocycles. The Kier molecular flexibility index (Phi) is 14.0. The van der Waals surface area contributed by atoms with E-state index in [-0.39, 0.29) is 13.2 Å². The highest BCUT2D eigenvalue weighted by Gasteiger charge is 2.59. The predicted molar refractivity (Wildman–Crippen MR) is 156 cm³/mol. The lowest BCUT2D eigenvalue weighted by Crippen LogP contribution is -2.70. The molecule has 0 aromatic heterocycles. The van der Waals surface area contributed by atoms with E-state index in [0.717, 1.165) is 13.0 Å². The first-order valence-electron chi connectivity index (χ1n) is 15.2. The van der Waals surface area contributed by atoms with Crippen molar-refractivity contribution in [2.24, 2.45) is 0 Å². The summed E-state index contributed by atoms with van der Waals surface area (Å²) >= 11 is 0. The number of nitrogens with one attached hydrogen (secondary N) is 1. The Bertz CT molecular complexity index is 1040. The molecule has 0 radical (unpaired) electrons. The molecule has 0 aliphatic carbocycles. The van der Waals surface area contributed by atoms with E-state index < -0.39 is 131 Å². The Morgan fingerprint density at radius 2 is 1.66 bits per heavy atom. The Hall–Kier alpha value is -1.44. The normalized spacial score (nSPS) is 41.2. The minimum atomic E-state index is -2.96. The van der Waals surface area contributed by atoms with Crippen molar-refractivity contribution in [2.75, 3.05) is 26.4 Å². The number of hydrogen-bond donors (Lipinski definition) is 11. The summed E-state index contributed by atoms with van der Waals surface area (Å²) in [6.07, 6.45) is -23.8. The molecule has 15 atom stereocenters. The maximum atomic E-state index is 12.6. The van der Waals surface area contributed by atoms with Gasteiger partial charge < -0.3 is 84.8 Å². The first kappa shape index (κ1) is 40.0. The zero-order valence-corrected chi connectivity index (χ0v) is 27.6. The highest BCUT2D eigenvalue weighted by Crippen LogP contribution is 2.38. The second-order valence-electron chi connectivity index (χ2n) is 13.2. The predicted octanol–water partition coefficient (Wildman–Crippen LogP) is -5.22. The Morgan fingerprint density at radius 1 is 1.00 bits per heavy atom. The zero-order chi connectivity index (χ0) is 35.4. The van der Waals surface area contributed by atoms with E-state index in [1.54, 1.807) is 0 Å². The van der Waals surface area contributed by atoms with Gasteiger partial charge in [-0.25, -0.2) is 4.79 Å². The van der Waals surface area contributed by atoms with E-state index in [1.165, 1.54) is 0 Å². The summed E-state index contributed by atoms with van der Waals surface area (Å²) in [6.45, 7) is 5.45. The average molecular weight is 704 g/mol. The number of amides is 1. The number of carbonyl (C=O) groups excluding carboxylic acids is 1. The second-order valence-corrected chi connectivity index (χ2v) is 18.8. The average Bonchev–Trinajstić information content (AvgIpc) is 2.99. The van der Waals surface area contributed by atoms with Crippen LogP contribution in [0.25, 0.3) is 0 Å². The SMILES string of the molecule is CC(=O)N[C@H]1[C@H]([C@H](O)[C@H](O)CO)O[C@@](O[C@H]2[C@@H](O)[C@@H](CO)O[C@@H](O[C@@H]3CO[C@@H](OCC[Si](C)(C)C)[C@H](O)[C@H]3O)[C@@H]2O)(C(=O)O)C[C@@H]1O. The van der Waals surface area contributed by atoms with Gasteiger partial charge in [-0.1, -0.05) is 19.6 Å². The number of carboxylic acid groups (broad SMARTS) is 1. The minimum Gasteiger partial charge on any atom is -0.477 e. The van der Waals surface area contributed by atoms with Gasteiger partial charge in [0.05, 0.1) is 32.0 Å². The number of carboxylic acids is 1. The van der Waals surface area contributed by atoms with Crippen LogP contribution in [-0.2, 0) is 38.0 Å². The standard InChI is InChI=1S/C27H49NO18Si/c1-11(31)28-16-12(32)7-27(26(39)40,45-22(16)17(34)13(33)8-29)46-23-19(36)14(9-30)43-25(21(23)38)44-15-10-42-24(20(37)18(15)35)41-5-6-47(2,3)4/h12-25,29-30,32-38H,5-10H2,1-4H3,(H,28,31)(H,39,40)/t12-,13+,14+,15+,16+,17+,18-,19-,20+,21+,22+,23-,24+,25-,27-/m0/s1. The molecule has 0 spiro atoms. The van der Waals surface area contributed by atoms with Gasteiger partial charge >= 0.3 is 5.97 Å². The molecule has 0 unspecified atom stereocenters. The van der Waals surface area contributed by atoms with Crippen molar-refractivity contribution in [1.82, 2.24) is 5.32 Å². The molecule has 3 aliphatic rings. The molecule has 11 N–H and O–H groups in total. The van der Waals surface area contributed by atoms with Crippen molar-refractivity contribution >= 4 is 20.0 Å². The lowest BCUT2D eigenvalue weighted by Gasteiger charge is -2.50. The summed E-state index contributed by atoms with van der Waals surface area (Å²) in [6, 6.07) is -0.744. The quantitative estimate of drug-likeness (QED) is 0.0753. The number of ether oxygens (including phenoxy) is 6. The topological polar surface area (TPSA) is 304 Å². The van der Waals surface area contributed by atoms with Crippen LogP contribution in [0.15, 0.2) is 0 Å². The number of carbonyl (C=O) groups is 2. The Balaban J connectivity index is 1.82. The van der Waals surface area contributed by atoms with Crippen molar-refractivity contribution in [3.05, 3.63) is 0 Å². The third-order valence-electron chi connectivity index (χ3n) is 8.21. The minimum absolute atomic E-state index is 0.278. The molecule has 19 nitrogen and oxygen atoms in total. The summed E-state index contributed by atoms with van der Waals surface area (Å²) in [7, 11) is -1.47. The van der Waals surface area contributed by atoms with Crippen LogP contribution in [-0.4, -0.2) is 189 Å². The van der Waals surface area contributed by atoms with Crippen LogP contribution in [0.1, 0.15) is 13.3 Å². The van der Waals surface area contributed by atoms with E-state index in [9.17, 15) is 60.7 Å². The number of rotatable bonds is 14. The van der Waals surface area contributed by atoms with Gasteiger partial charge in [-0.2, -0.15) is 0 Å². The number of aliphatic hydroxyl groups excluding tert-OH is 9. The molecule has 0 aromatic rings. The largest absolute Gasteiger partial charge is 0.477 e. The fourth-order valence-electron chi connectivity index (χ4n) is 5.46. The van der Waals surface area contributed by atoms with E-state index in [2.05, 4.69) is 25.0 Å². The molecule has 274 valence electrons. The van der Waals surface area contributed by atoms with Crippen LogP contribution in [0.4, 0.5) is 0 Å². The molecule has 47 heavy (non-hydrogen) atoms. The smallest absolute Gasteiger partial charge is 0.364 e. The molecule has 0 aromatic carbocycles. The van der Waals surface area contributed by atoms with E-state index in [4.69, 9.17) is 28.4 Å². The van der Waals surface area contributed by atoms with Gasteiger partial charge in [-0.05, 0) is 6.04 Å². The fraction of sp³-hybridized carbons (Fsp3) is 0.926. The van der Waals surface area contributed by atoms with Gasteiger partial charge in [0.15, 0.2) is 12.6 Å². The van der Waals surface area contributed by atoms with Crippen molar-refractivity contribution in [3.8, 4) is 0 Å². The maximum Gasteiger partial charge on any atom is 0.364 e. The zero-order valence-electron chi connectivity index (χ0n) is 26.6. The molecular weight excluding hydrogens is 654 g/mol. The molecule has 3 fully saturated rings. The third-order valence-corrected chi connectivity index (χ3v) is 9.92. The van der Waals surface area contributed by atoms with Gasteiger partial charge in [0.2, 0.25) is 5.91 Å². The molecule has 0 saturated carbocycles. The molecule has 20 heteroatoms. The van der Waals surface area contributed by atoms with Gasteiger partial charge in [0.1, 0.15) is 61.0 Å². The van der Waals surface area contributed by atoms with Crippen LogP contribution in [0, 0.1) is 0 Å². The molecule has 1 amide bonds. The Morgan fingerprint density at radius 3 is 2.21 bits per heavy atom. The fourth-order valence-corrected chi connectivity index (χ4v) is 6.19. The van der Waals surface area contributed by atoms with Crippen LogP contribution >= 0.6 is 0 Å². The summed E-state index contributed by atoms with van der Waals surface area (Å²) < 4.78 is 33.4. The van der Waals surface area contributed by atoms with E-state index >= 15 is 0 Å². The second kappa shape index (κ2) is 16.5. The number of hydrogen-bond acceptors (Lipinski definition) is 17. The first-order chi connectivity index (χ1) is 21.9. The summed E-state index contributed by atoms with van der Waals surface area (Å²) in [5.74, 6) is -5.60. The van der Waals surface area contributed by atoms with Crippen molar-refractivity contribution in [1.29, 1.82) is 0 Å². The van der Waals surface area contributed by atoms with Crippen molar-refractivity contribution < 1.29 is 89.1 Å². The molecule has 0 bridgehead atoms. The maximum absolute atomic E-state index is 12.6. The summed E-state index contributed by atoms with van der Waals surface area (Å²) in [5, 5.41) is 107. The van der Waals surface area contributed by atoms with Crippen LogP contribution < -0.4 is 5.32 Å². The Labute approximate surface area is 271 Å². The van der Waals surface area contributed by atoms with Gasteiger partial charge in [-0.3, -0.25) is 4.79 Å². The third kappa shape index (κ3) is 9.63. The van der Waals surface area contributed by atoms with Crippen molar-refractivity contribution in [2.45, 2.75) is 131 Å². The lowest BCUT2D eigenvalue weighted by molar-refractivity contribution is -0.380. The first-order valence-corrected chi connectivity index (χ1v) is 18.9. The van der Waals surface area contributed by atoms with Crippen LogP contribution in [0.2, 0.25) is 25.7 Å². The van der Waals surface area contributed by atoms with Gasteiger partial charge in [-0.15, -0.1) is 0 Å². The van der Waals surface area contributed by atoms with Crippen LogP contribution in [0.3, 0.4) is 0 Å². The van der Waals surface area contributed by atoms with Crippen molar-refractivity contribution in [3.63, 3.8) is 0 Å². The van der Waals surface area contributed by atoms with Crippen LogP contribution in [0.5, 0.6) is 0 Å². The van der Waals surface area contributed by atoms with Gasteiger partial charge in [0.25, 0.3) is 5.79 Å². The lowest BCUT2D eigenvalue weighted by atomic mass is 9.88. The summed E-state index contributed by atoms with van der Waals surface area (Å²) in [5.41, 5.74) is 0. The molecule has 3 heterocycles.